The number of phenolic OH excluding ortho intramolecular Hbond substituents is 1. The van der Waals surface area contributed by atoms with Crippen LogP contribution < -0.4 is 5.63 Å². The maximum absolute atomic E-state index is 12.2. The number of hydrogen-bond acceptors (Lipinski definition) is 4. The van der Waals surface area contributed by atoms with Crippen molar-refractivity contribution < 1.29 is 9.52 Å². The number of aryl methyl sites for hydroxylation is 1. The molecule has 5 nitrogen and oxygen atoms in total. The molecule has 0 saturated carbocycles. The number of hydrogen-bond donors (Lipinski definition) is 1. The van der Waals surface area contributed by atoms with Gasteiger partial charge in [-0.2, -0.15) is 0 Å². The molecule has 0 spiro atoms. The Balaban J connectivity index is 1.61. The average molecular weight is 386 g/mol. The molecule has 3 heterocycles. The van der Waals surface area contributed by atoms with E-state index in [0.29, 0.717) is 17.7 Å². The lowest BCUT2D eigenvalue weighted by Crippen LogP contribution is -2.38. The summed E-state index contributed by atoms with van der Waals surface area (Å²) < 4.78 is 7.72. The SMILES string of the molecule is Cc1c(O)ccc2c(CN3CCn4cccc4C3c3ccccc3)cc(=O)oc12. The Morgan fingerprint density at radius 2 is 1.90 bits per heavy atom. The normalized spacial score (nSPS) is 16.8. The predicted octanol–water partition coefficient (Wildman–Crippen LogP) is 4.21. The first-order valence-electron chi connectivity index (χ1n) is 9.81. The minimum absolute atomic E-state index is 0.112. The Kier molecular flexibility index (Phi) is 4.25. The Hall–Kier alpha value is -3.31. The van der Waals surface area contributed by atoms with Crippen molar-refractivity contribution in [3.05, 3.63) is 99.7 Å². The van der Waals surface area contributed by atoms with Crippen LogP contribution in [0.5, 0.6) is 5.75 Å². The van der Waals surface area contributed by atoms with E-state index in [2.05, 4.69) is 52.1 Å². The first-order chi connectivity index (χ1) is 14.1. The van der Waals surface area contributed by atoms with Crippen LogP contribution in [0.1, 0.15) is 28.4 Å². The molecule has 0 aliphatic carbocycles. The molecule has 5 rings (SSSR count). The Labute approximate surface area is 168 Å². The van der Waals surface area contributed by atoms with E-state index < -0.39 is 5.63 Å². The zero-order valence-electron chi connectivity index (χ0n) is 16.2. The highest BCUT2D eigenvalue weighted by molar-refractivity contribution is 5.84. The fourth-order valence-corrected chi connectivity index (χ4v) is 4.38. The molecule has 2 aromatic heterocycles. The zero-order valence-corrected chi connectivity index (χ0v) is 16.2. The zero-order chi connectivity index (χ0) is 20.0. The van der Waals surface area contributed by atoms with E-state index in [0.717, 1.165) is 24.0 Å². The molecule has 0 fully saturated rings. The minimum Gasteiger partial charge on any atom is -0.508 e. The van der Waals surface area contributed by atoms with Crippen LogP contribution in [0.15, 0.2) is 76.1 Å². The fraction of sp³-hybridized carbons (Fsp3) is 0.208. The molecular formula is C24H22N2O3. The van der Waals surface area contributed by atoms with Gasteiger partial charge in [0.05, 0.1) is 6.04 Å². The van der Waals surface area contributed by atoms with Gasteiger partial charge >= 0.3 is 5.63 Å². The van der Waals surface area contributed by atoms with Crippen molar-refractivity contribution in [2.75, 3.05) is 6.54 Å². The molecule has 2 aromatic carbocycles. The molecule has 29 heavy (non-hydrogen) atoms. The Bertz CT molecular complexity index is 1240. The summed E-state index contributed by atoms with van der Waals surface area (Å²) >= 11 is 0. The predicted molar refractivity (Wildman–Crippen MR) is 112 cm³/mol. The maximum Gasteiger partial charge on any atom is 0.336 e. The van der Waals surface area contributed by atoms with Crippen LogP contribution in [0.2, 0.25) is 0 Å². The van der Waals surface area contributed by atoms with Gasteiger partial charge in [-0.3, -0.25) is 4.90 Å². The first-order valence-corrected chi connectivity index (χ1v) is 9.81. The number of benzene rings is 2. The van der Waals surface area contributed by atoms with Crippen molar-refractivity contribution in [1.29, 1.82) is 0 Å². The first kappa shape index (κ1) is 17.8. The molecule has 1 aliphatic rings. The quantitative estimate of drug-likeness (QED) is 0.536. The third-order valence-electron chi connectivity index (χ3n) is 5.84. The summed E-state index contributed by atoms with van der Waals surface area (Å²) in [5, 5.41) is 10.9. The van der Waals surface area contributed by atoms with Gasteiger partial charge in [-0.15, -0.1) is 0 Å². The van der Waals surface area contributed by atoms with E-state index in [4.69, 9.17) is 4.42 Å². The number of nitrogens with zero attached hydrogens (tertiary/aromatic N) is 2. The van der Waals surface area contributed by atoms with Gasteiger partial charge < -0.3 is 14.1 Å². The van der Waals surface area contributed by atoms with Crippen LogP contribution in [0, 0.1) is 6.92 Å². The lowest BCUT2D eigenvalue weighted by atomic mass is 9.98. The molecule has 4 aromatic rings. The summed E-state index contributed by atoms with van der Waals surface area (Å²) in [6, 6.07) is 19.9. The highest BCUT2D eigenvalue weighted by Gasteiger charge is 2.29. The van der Waals surface area contributed by atoms with E-state index >= 15 is 0 Å². The van der Waals surface area contributed by atoms with E-state index in [1.54, 1.807) is 19.1 Å². The van der Waals surface area contributed by atoms with Gasteiger partial charge in [0.15, 0.2) is 0 Å². The fourth-order valence-electron chi connectivity index (χ4n) is 4.38. The number of aromatic hydroxyl groups is 1. The van der Waals surface area contributed by atoms with Gasteiger partial charge in [0.2, 0.25) is 0 Å². The number of rotatable bonds is 3. The van der Waals surface area contributed by atoms with Crippen LogP contribution >= 0.6 is 0 Å². The lowest BCUT2D eigenvalue weighted by molar-refractivity contribution is 0.175. The summed E-state index contributed by atoms with van der Waals surface area (Å²) in [6.45, 7) is 4.17. The maximum atomic E-state index is 12.2. The number of phenols is 1. The van der Waals surface area contributed by atoms with E-state index in [1.807, 2.05) is 12.1 Å². The molecule has 1 aliphatic heterocycles. The summed E-state index contributed by atoms with van der Waals surface area (Å²) in [7, 11) is 0. The summed E-state index contributed by atoms with van der Waals surface area (Å²) in [6.07, 6.45) is 2.13. The van der Waals surface area contributed by atoms with Crippen LogP contribution in [0.4, 0.5) is 0 Å². The molecule has 1 unspecified atom stereocenters. The van der Waals surface area contributed by atoms with Crippen molar-refractivity contribution in [1.82, 2.24) is 9.47 Å². The number of fused-ring (bicyclic) bond motifs is 2. The smallest absolute Gasteiger partial charge is 0.336 e. The summed E-state index contributed by atoms with van der Waals surface area (Å²) in [4.78, 5) is 14.7. The van der Waals surface area contributed by atoms with Crippen LogP contribution in [-0.4, -0.2) is 21.1 Å². The van der Waals surface area contributed by atoms with Crippen molar-refractivity contribution in [3.8, 4) is 5.75 Å². The average Bonchev–Trinajstić information content (AvgIpc) is 3.20. The molecule has 5 heteroatoms. The molecule has 1 atom stereocenters. The molecule has 0 radical (unpaired) electrons. The third kappa shape index (κ3) is 3.04. The molecule has 0 saturated heterocycles. The van der Waals surface area contributed by atoms with Crippen molar-refractivity contribution in [2.24, 2.45) is 0 Å². The second kappa shape index (κ2) is 6.94. The van der Waals surface area contributed by atoms with E-state index in [9.17, 15) is 9.90 Å². The largest absolute Gasteiger partial charge is 0.508 e. The highest BCUT2D eigenvalue weighted by atomic mass is 16.4. The standard InChI is InChI=1S/C24H22N2O3/c1-16-21(27)10-9-19-18(14-22(28)29-24(16)19)15-26-13-12-25-11-5-8-20(25)23(26)17-6-3-2-4-7-17/h2-11,14,23,27H,12-13,15H2,1H3. The van der Waals surface area contributed by atoms with Crippen molar-refractivity contribution >= 4 is 11.0 Å². The van der Waals surface area contributed by atoms with Crippen molar-refractivity contribution in [3.63, 3.8) is 0 Å². The van der Waals surface area contributed by atoms with Crippen molar-refractivity contribution in [2.45, 2.75) is 26.1 Å². The monoisotopic (exact) mass is 386 g/mol. The highest BCUT2D eigenvalue weighted by Crippen LogP contribution is 2.35. The van der Waals surface area contributed by atoms with Gasteiger partial charge in [0, 0.05) is 48.5 Å². The summed E-state index contributed by atoms with van der Waals surface area (Å²) in [5.41, 5.74) is 4.06. The van der Waals surface area contributed by atoms with Crippen LogP contribution in [-0.2, 0) is 13.1 Å². The topological polar surface area (TPSA) is 58.6 Å². The van der Waals surface area contributed by atoms with Gasteiger partial charge in [-0.1, -0.05) is 30.3 Å². The minimum atomic E-state index is -0.391. The van der Waals surface area contributed by atoms with Gasteiger partial charge in [-0.25, -0.2) is 4.79 Å². The van der Waals surface area contributed by atoms with Gasteiger partial charge in [-0.05, 0) is 42.3 Å². The van der Waals surface area contributed by atoms with Gasteiger partial charge in [0.25, 0.3) is 0 Å². The second-order valence-corrected chi connectivity index (χ2v) is 7.59. The van der Waals surface area contributed by atoms with Crippen LogP contribution in [0.25, 0.3) is 11.0 Å². The van der Waals surface area contributed by atoms with Crippen LogP contribution in [0.3, 0.4) is 0 Å². The second-order valence-electron chi connectivity index (χ2n) is 7.59. The lowest BCUT2D eigenvalue weighted by Gasteiger charge is -2.37. The number of aromatic nitrogens is 1. The van der Waals surface area contributed by atoms with E-state index in [-0.39, 0.29) is 11.8 Å². The molecule has 146 valence electrons. The Morgan fingerprint density at radius 1 is 1.07 bits per heavy atom. The summed E-state index contributed by atoms with van der Waals surface area (Å²) in [5.74, 6) is 0.135. The molecular weight excluding hydrogens is 364 g/mol. The van der Waals surface area contributed by atoms with E-state index in [1.165, 1.54) is 11.3 Å². The molecule has 1 N–H and O–H groups in total. The molecule has 0 bridgehead atoms. The Morgan fingerprint density at radius 3 is 2.72 bits per heavy atom. The molecule has 0 amide bonds. The van der Waals surface area contributed by atoms with Gasteiger partial charge in [0.1, 0.15) is 11.3 Å². The third-order valence-corrected chi connectivity index (χ3v) is 5.84.